The molecule has 0 aliphatic carbocycles. The van der Waals surface area contributed by atoms with Gasteiger partial charge < -0.3 is 10.1 Å². The first-order valence-corrected chi connectivity index (χ1v) is 5.75. The number of nitrogens with one attached hydrogen (secondary N) is 1. The third-order valence-corrected chi connectivity index (χ3v) is 3.60. The number of ether oxygens (including phenoxy) is 1. The van der Waals surface area contributed by atoms with E-state index in [4.69, 9.17) is 4.74 Å². The zero-order chi connectivity index (χ0) is 10.3. The first kappa shape index (κ1) is 9.37. The van der Waals surface area contributed by atoms with Crippen LogP contribution in [0.5, 0.6) is 0 Å². The highest BCUT2D eigenvalue weighted by molar-refractivity contribution is 5.39. The summed E-state index contributed by atoms with van der Waals surface area (Å²) in [5.74, 6) is 0. The number of fused-ring (bicyclic) bond motifs is 2. The molecule has 80 valence electrons. The van der Waals surface area contributed by atoms with Crippen molar-refractivity contribution in [2.24, 2.45) is 0 Å². The van der Waals surface area contributed by atoms with Crippen LogP contribution in [0.1, 0.15) is 29.5 Å². The molecule has 1 aromatic carbocycles. The van der Waals surface area contributed by atoms with E-state index in [9.17, 15) is 0 Å². The lowest BCUT2D eigenvalue weighted by Gasteiger charge is -2.34. The van der Waals surface area contributed by atoms with Crippen molar-refractivity contribution < 1.29 is 4.74 Å². The average molecular weight is 203 g/mol. The van der Waals surface area contributed by atoms with E-state index < -0.39 is 0 Å². The van der Waals surface area contributed by atoms with E-state index in [1.807, 2.05) is 0 Å². The van der Waals surface area contributed by atoms with Gasteiger partial charge in [0.25, 0.3) is 0 Å². The summed E-state index contributed by atoms with van der Waals surface area (Å²) in [4.78, 5) is 0. The topological polar surface area (TPSA) is 21.3 Å². The standard InChI is InChI=1S/C13H17NO/c1-10-3-4-11-8-15-13(12(11)7-10)5-2-6-14-9-13/h3-4,7,14H,2,5-6,8-9H2,1H3. The predicted octanol–water partition coefficient (Wildman–Crippen LogP) is 2.10. The molecule has 1 saturated heterocycles. The van der Waals surface area contributed by atoms with Gasteiger partial charge in [0, 0.05) is 6.54 Å². The molecule has 3 rings (SSSR count). The van der Waals surface area contributed by atoms with Crippen molar-refractivity contribution in [1.29, 1.82) is 0 Å². The van der Waals surface area contributed by atoms with Crippen molar-refractivity contribution in [3.8, 4) is 0 Å². The Balaban J connectivity index is 2.05. The van der Waals surface area contributed by atoms with Gasteiger partial charge in [-0.05, 0) is 37.4 Å². The third-order valence-electron chi connectivity index (χ3n) is 3.60. The van der Waals surface area contributed by atoms with Crippen molar-refractivity contribution >= 4 is 0 Å². The van der Waals surface area contributed by atoms with Crippen LogP contribution in [0.2, 0.25) is 0 Å². The van der Waals surface area contributed by atoms with Crippen LogP contribution in [0.3, 0.4) is 0 Å². The summed E-state index contributed by atoms with van der Waals surface area (Å²) in [5, 5.41) is 3.45. The Bertz CT molecular complexity index is 375. The zero-order valence-corrected chi connectivity index (χ0v) is 9.18. The molecule has 0 bridgehead atoms. The van der Waals surface area contributed by atoms with E-state index in [1.54, 1.807) is 0 Å². The fourth-order valence-electron chi connectivity index (χ4n) is 2.76. The van der Waals surface area contributed by atoms with Crippen molar-refractivity contribution in [2.75, 3.05) is 13.1 Å². The number of hydrogen-bond acceptors (Lipinski definition) is 2. The van der Waals surface area contributed by atoms with E-state index in [0.717, 1.165) is 26.1 Å². The molecule has 0 amide bonds. The summed E-state index contributed by atoms with van der Waals surface area (Å²) in [6.07, 6.45) is 2.38. The third kappa shape index (κ3) is 1.40. The van der Waals surface area contributed by atoms with Crippen molar-refractivity contribution in [1.82, 2.24) is 5.32 Å². The second-order valence-electron chi connectivity index (χ2n) is 4.72. The quantitative estimate of drug-likeness (QED) is 0.697. The normalized spacial score (nSPS) is 29.4. The molecule has 2 heteroatoms. The molecule has 2 nitrogen and oxygen atoms in total. The molecular weight excluding hydrogens is 186 g/mol. The lowest BCUT2D eigenvalue weighted by atomic mass is 9.85. The lowest BCUT2D eigenvalue weighted by Crippen LogP contribution is -2.43. The van der Waals surface area contributed by atoms with Gasteiger partial charge in [0.15, 0.2) is 0 Å². The first-order valence-electron chi connectivity index (χ1n) is 5.75. The summed E-state index contributed by atoms with van der Waals surface area (Å²) in [6.45, 7) is 5.05. The van der Waals surface area contributed by atoms with Crippen molar-refractivity contribution in [3.05, 3.63) is 34.9 Å². The van der Waals surface area contributed by atoms with E-state index in [1.165, 1.54) is 23.1 Å². The Hall–Kier alpha value is -0.860. The second-order valence-corrected chi connectivity index (χ2v) is 4.72. The monoisotopic (exact) mass is 203 g/mol. The Morgan fingerprint density at radius 1 is 1.40 bits per heavy atom. The van der Waals surface area contributed by atoms with Gasteiger partial charge in [-0.25, -0.2) is 0 Å². The molecule has 0 aromatic heterocycles. The minimum Gasteiger partial charge on any atom is -0.364 e. The minimum absolute atomic E-state index is 0.0143. The van der Waals surface area contributed by atoms with Crippen LogP contribution in [0.15, 0.2) is 18.2 Å². The highest BCUT2D eigenvalue weighted by Gasteiger charge is 2.40. The molecule has 1 unspecified atom stereocenters. The fourth-order valence-corrected chi connectivity index (χ4v) is 2.76. The zero-order valence-electron chi connectivity index (χ0n) is 9.18. The van der Waals surface area contributed by atoms with E-state index in [-0.39, 0.29) is 5.60 Å². The largest absolute Gasteiger partial charge is 0.364 e. The van der Waals surface area contributed by atoms with Crippen LogP contribution < -0.4 is 5.32 Å². The van der Waals surface area contributed by atoms with Gasteiger partial charge in [-0.2, -0.15) is 0 Å². The molecule has 0 saturated carbocycles. The lowest BCUT2D eigenvalue weighted by molar-refractivity contribution is -0.0536. The number of piperidine rings is 1. The summed E-state index contributed by atoms with van der Waals surface area (Å²) in [5.41, 5.74) is 4.13. The van der Waals surface area contributed by atoms with Crippen LogP contribution in [-0.4, -0.2) is 13.1 Å². The van der Waals surface area contributed by atoms with E-state index >= 15 is 0 Å². The van der Waals surface area contributed by atoms with Gasteiger partial charge in [-0.3, -0.25) is 0 Å². The Morgan fingerprint density at radius 3 is 3.13 bits per heavy atom. The molecule has 1 N–H and O–H groups in total. The summed E-state index contributed by atoms with van der Waals surface area (Å²) in [6, 6.07) is 6.70. The van der Waals surface area contributed by atoms with Crippen LogP contribution in [0, 0.1) is 6.92 Å². The molecule has 1 spiro atoms. The van der Waals surface area contributed by atoms with Crippen molar-refractivity contribution in [2.45, 2.75) is 32.0 Å². The molecule has 2 aliphatic heterocycles. The SMILES string of the molecule is Cc1ccc2c(c1)C1(CCCNC1)OC2. The van der Waals surface area contributed by atoms with Gasteiger partial charge in [-0.15, -0.1) is 0 Å². The average Bonchev–Trinajstić information content (AvgIpc) is 2.59. The number of benzene rings is 1. The fraction of sp³-hybridized carbons (Fsp3) is 0.538. The first-order chi connectivity index (χ1) is 7.30. The maximum atomic E-state index is 6.04. The molecule has 15 heavy (non-hydrogen) atoms. The highest BCUT2D eigenvalue weighted by Crippen LogP contribution is 2.41. The molecule has 2 aliphatic rings. The molecule has 0 radical (unpaired) electrons. The van der Waals surface area contributed by atoms with Gasteiger partial charge in [-0.1, -0.05) is 23.8 Å². The highest BCUT2D eigenvalue weighted by atomic mass is 16.5. The maximum absolute atomic E-state index is 6.04. The summed E-state index contributed by atoms with van der Waals surface area (Å²) >= 11 is 0. The van der Waals surface area contributed by atoms with E-state index in [0.29, 0.717) is 0 Å². The molecule has 1 fully saturated rings. The minimum atomic E-state index is -0.0143. The second kappa shape index (κ2) is 3.32. The smallest absolute Gasteiger partial charge is 0.106 e. The number of rotatable bonds is 0. The Kier molecular flexibility index (Phi) is 2.08. The Labute approximate surface area is 90.6 Å². The molecule has 2 heterocycles. The van der Waals surface area contributed by atoms with Gasteiger partial charge in [0.1, 0.15) is 5.60 Å². The number of aryl methyl sites for hydroxylation is 1. The van der Waals surface area contributed by atoms with Gasteiger partial charge in [0.05, 0.1) is 6.61 Å². The maximum Gasteiger partial charge on any atom is 0.106 e. The van der Waals surface area contributed by atoms with Crippen LogP contribution >= 0.6 is 0 Å². The Morgan fingerprint density at radius 2 is 2.33 bits per heavy atom. The summed E-state index contributed by atoms with van der Waals surface area (Å²) in [7, 11) is 0. The number of hydrogen-bond donors (Lipinski definition) is 1. The predicted molar refractivity (Wildman–Crippen MR) is 59.7 cm³/mol. The van der Waals surface area contributed by atoms with Gasteiger partial charge >= 0.3 is 0 Å². The van der Waals surface area contributed by atoms with Crippen molar-refractivity contribution in [3.63, 3.8) is 0 Å². The summed E-state index contributed by atoms with van der Waals surface area (Å²) < 4.78 is 6.04. The van der Waals surface area contributed by atoms with Crippen LogP contribution in [0.25, 0.3) is 0 Å². The van der Waals surface area contributed by atoms with Crippen LogP contribution in [-0.2, 0) is 16.9 Å². The van der Waals surface area contributed by atoms with Crippen LogP contribution in [0.4, 0.5) is 0 Å². The van der Waals surface area contributed by atoms with E-state index in [2.05, 4.69) is 30.4 Å². The molecule has 1 aromatic rings. The molecule has 1 atom stereocenters. The van der Waals surface area contributed by atoms with Gasteiger partial charge in [0.2, 0.25) is 0 Å². The molecular formula is C13H17NO.